The number of ether oxygens (including phenoxy) is 1. The van der Waals surface area contributed by atoms with Crippen molar-refractivity contribution in [2.75, 3.05) is 32.8 Å². The number of halogens is 1. The van der Waals surface area contributed by atoms with Crippen LogP contribution in [0.15, 0.2) is 48.5 Å². The minimum Gasteiger partial charge on any atom is -0.483 e. The minimum atomic E-state index is 0.0624. The summed E-state index contributed by atoms with van der Waals surface area (Å²) < 4.78 is 5.82. The maximum absolute atomic E-state index is 12.5. The molecule has 2 aromatic rings. The fourth-order valence-electron chi connectivity index (χ4n) is 3.35. The topological polar surface area (TPSA) is 32.8 Å². The average Bonchev–Trinajstić information content (AvgIpc) is 2.70. The molecule has 3 rings (SSSR count). The first-order valence-corrected chi connectivity index (χ1v) is 9.99. The van der Waals surface area contributed by atoms with Crippen molar-refractivity contribution in [3.63, 3.8) is 0 Å². The van der Waals surface area contributed by atoms with Crippen LogP contribution in [0.1, 0.15) is 24.5 Å². The summed E-state index contributed by atoms with van der Waals surface area (Å²) in [5, 5.41) is 0.759. The Balaban J connectivity index is 1.45. The molecule has 2 aromatic carbocycles. The van der Waals surface area contributed by atoms with E-state index in [0.29, 0.717) is 0 Å². The van der Waals surface area contributed by atoms with Gasteiger partial charge in [0.25, 0.3) is 5.91 Å². The summed E-state index contributed by atoms with van der Waals surface area (Å²) in [4.78, 5) is 16.8. The van der Waals surface area contributed by atoms with E-state index >= 15 is 0 Å². The Morgan fingerprint density at radius 2 is 1.74 bits per heavy atom. The molecule has 144 valence electrons. The lowest BCUT2D eigenvalue weighted by Gasteiger charge is -2.34. The summed E-state index contributed by atoms with van der Waals surface area (Å²) >= 11 is 5.94. The Morgan fingerprint density at radius 1 is 1.04 bits per heavy atom. The number of carbonyl (C=O) groups excluding carboxylic acids is 1. The molecule has 1 aliphatic rings. The second kappa shape index (κ2) is 9.77. The predicted molar refractivity (Wildman–Crippen MR) is 109 cm³/mol. The first-order valence-electron chi connectivity index (χ1n) is 9.61. The molecule has 0 unspecified atom stereocenters. The van der Waals surface area contributed by atoms with E-state index in [-0.39, 0.29) is 12.5 Å². The molecule has 4 nitrogen and oxygen atoms in total. The molecule has 1 amide bonds. The standard InChI is InChI=1S/C22H27ClN2O2/c1-2-5-19-6-3-4-7-21(19)27-17-22(26)25-14-12-24(13-15-25)16-18-8-10-20(23)11-9-18/h3-4,6-11H,2,5,12-17H2,1H3. The van der Waals surface area contributed by atoms with E-state index < -0.39 is 0 Å². The molecule has 0 spiro atoms. The maximum atomic E-state index is 12.5. The molecular weight excluding hydrogens is 360 g/mol. The van der Waals surface area contributed by atoms with E-state index in [1.54, 1.807) is 0 Å². The van der Waals surface area contributed by atoms with Crippen LogP contribution in [-0.4, -0.2) is 48.5 Å². The molecule has 0 N–H and O–H groups in total. The lowest BCUT2D eigenvalue weighted by molar-refractivity contribution is -0.135. The molecule has 1 heterocycles. The van der Waals surface area contributed by atoms with E-state index in [1.807, 2.05) is 35.2 Å². The highest BCUT2D eigenvalue weighted by Gasteiger charge is 2.21. The van der Waals surface area contributed by atoms with Crippen LogP contribution >= 0.6 is 11.6 Å². The number of benzene rings is 2. The second-order valence-corrected chi connectivity index (χ2v) is 7.37. The van der Waals surface area contributed by atoms with Crippen LogP contribution in [-0.2, 0) is 17.8 Å². The number of hydrogen-bond donors (Lipinski definition) is 0. The number of piperazine rings is 1. The van der Waals surface area contributed by atoms with Gasteiger partial charge in [0, 0.05) is 37.7 Å². The molecule has 1 fully saturated rings. The summed E-state index contributed by atoms with van der Waals surface area (Å²) in [6.07, 6.45) is 2.03. The number of nitrogens with zero attached hydrogens (tertiary/aromatic N) is 2. The van der Waals surface area contributed by atoms with Crippen molar-refractivity contribution in [2.45, 2.75) is 26.3 Å². The lowest BCUT2D eigenvalue weighted by Crippen LogP contribution is -2.49. The minimum absolute atomic E-state index is 0.0624. The van der Waals surface area contributed by atoms with Crippen molar-refractivity contribution in [3.05, 3.63) is 64.7 Å². The summed E-state index contributed by atoms with van der Waals surface area (Å²) in [5.41, 5.74) is 2.41. The number of rotatable bonds is 7. The Morgan fingerprint density at radius 3 is 2.44 bits per heavy atom. The molecule has 1 aliphatic heterocycles. The van der Waals surface area contributed by atoms with E-state index in [0.717, 1.165) is 56.3 Å². The fraction of sp³-hybridized carbons (Fsp3) is 0.409. The summed E-state index contributed by atoms with van der Waals surface area (Å²) in [7, 11) is 0. The van der Waals surface area contributed by atoms with Crippen LogP contribution in [0.5, 0.6) is 5.75 Å². The molecule has 0 radical (unpaired) electrons. The van der Waals surface area contributed by atoms with Gasteiger partial charge in [-0.1, -0.05) is 55.3 Å². The Labute approximate surface area is 166 Å². The van der Waals surface area contributed by atoms with Gasteiger partial charge in [-0.3, -0.25) is 9.69 Å². The highest BCUT2D eigenvalue weighted by atomic mass is 35.5. The number of hydrogen-bond acceptors (Lipinski definition) is 3. The zero-order valence-electron chi connectivity index (χ0n) is 15.9. The first-order chi connectivity index (χ1) is 13.2. The Hall–Kier alpha value is -2.04. The zero-order valence-corrected chi connectivity index (χ0v) is 16.6. The van der Waals surface area contributed by atoms with Gasteiger partial charge in [0.05, 0.1) is 0 Å². The monoisotopic (exact) mass is 386 g/mol. The average molecular weight is 387 g/mol. The number of para-hydroxylation sites is 1. The van der Waals surface area contributed by atoms with Crippen LogP contribution < -0.4 is 4.74 Å². The Bertz CT molecular complexity index is 740. The summed E-state index contributed by atoms with van der Waals surface area (Å²) in [5.74, 6) is 0.890. The van der Waals surface area contributed by atoms with Crippen molar-refractivity contribution in [1.82, 2.24) is 9.80 Å². The quantitative estimate of drug-likeness (QED) is 0.720. The van der Waals surface area contributed by atoms with Gasteiger partial charge in [0.15, 0.2) is 6.61 Å². The van der Waals surface area contributed by atoms with Crippen molar-refractivity contribution in [1.29, 1.82) is 0 Å². The third-order valence-electron chi connectivity index (χ3n) is 4.89. The van der Waals surface area contributed by atoms with E-state index in [1.165, 1.54) is 11.1 Å². The highest BCUT2D eigenvalue weighted by molar-refractivity contribution is 6.30. The Kier molecular flexibility index (Phi) is 7.13. The van der Waals surface area contributed by atoms with Gasteiger partial charge in [0.2, 0.25) is 0 Å². The van der Waals surface area contributed by atoms with Crippen molar-refractivity contribution >= 4 is 17.5 Å². The zero-order chi connectivity index (χ0) is 19.1. The van der Waals surface area contributed by atoms with E-state index in [4.69, 9.17) is 16.3 Å². The van der Waals surface area contributed by atoms with Gasteiger partial charge >= 0.3 is 0 Å². The maximum Gasteiger partial charge on any atom is 0.260 e. The fourth-order valence-corrected chi connectivity index (χ4v) is 3.48. The van der Waals surface area contributed by atoms with Crippen LogP contribution in [0.2, 0.25) is 5.02 Å². The van der Waals surface area contributed by atoms with Gasteiger partial charge in [-0.05, 0) is 35.7 Å². The number of carbonyl (C=O) groups is 1. The molecule has 27 heavy (non-hydrogen) atoms. The van der Waals surface area contributed by atoms with Crippen LogP contribution in [0, 0.1) is 0 Å². The molecule has 5 heteroatoms. The molecule has 0 aliphatic carbocycles. The second-order valence-electron chi connectivity index (χ2n) is 6.93. The van der Waals surface area contributed by atoms with Gasteiger partial charge < -0.3 is 9.64 Å². The largest absolute Gasteiger partial charge is 0.483 e. The lowest BCUT2D eigenvalue weighted by atomic mass is 10.1. The highest BCUT2D eigenvalue weighted by Crippen LogP contribution is 2.20. The molecule has 0 aromatic heterocycles. The number of amides is 1. The summed E-state index contributed by atoms with van der Waals surface area (Å²) in [6, 6.07) is 15.9. The molecular formula is C22H27ClN2O2. The van der Waals surface area contributed by atoms with Gasteiger partial charge in [-0.25, -0.2) is 0 Å². The SMILES string of the molecule is CCCc1ccccc1OCC(=O)N1CCN(Cc2ccc(Cl)cc2)CC1. The third-order valence-corrected chi connectivity index (χ3v) is 5.14. The smallest absolute Gasteiger partial charge is 0.260 e. The van der Waals surface area contributed by atoms with Crippen LogP contribution in [0.3, 0.4) is 0 Å². The van der Waals surface area contributed by atoms with Crippen molar-refractivity contribution in [3.8, 4) is 5.75 Å². The molecule has 1 saturated heterocycles. The van der Waals surface area contributed by atoms with Crippen LogP contribution in [0.4, 0.5) is 0 Å². The normalized spacial score (nSPS) is 15.0. The van der Waals surface area contributed by atoms with Crippen molar-refractivity contribution < 1.29 is 9.53 Å². The van der Waals surface area contributed by atoms with Crippen molar-refractivity contribution in [2.24, 2.45) is 0 Å². The van der Waals surface area contributed by atoms with E-state index in [9.17, 15) is 4.79 Å². The molecule has 0 saturated carbocycles. The number of aryl methyl sites for hydroxylation is 1. The van der Waals surface area contributed by atoms with Gasteiger partial charge in [-0.15, -0.1) is 0 Å². The molecule has 0 bridgehead atoms. The van der Waals surface area contributed by atoms with E-state index in [2.05, 4.69) is 30.0 Å². The van der Waals surface area contributed by atoms with Gasteiger partial charge in [0.1, 0.15) is 5.75 Å². The predicted octanol–water partition coefficient (Wildman–Crippen LogP) is 4.02. The molecule has 0 atom stereocenters. The van der Waals surface area contributed by atoms with Crippen LogP contribution in [0.25, 0.3) is 0 Å². The summed E-state index contributed by atoms with van der Waals surface area (Å²) in [6.45, 7) is 6.38. The third kappa shape index (κ3) is 5.72. The van der Waals surface area contributed by atoms with Gasteiger partial charge in [-0.2, -0.15) is 0 Å². The first kappa shape index (κ1) is 19.7.